The Hall–Kier alpha value is -3.44. The number of anilines is 1. The van der Waals surface area contributed by atoms with E-state index in [0.717, 1.165) is 50.0 Å². The normalized spacial score (nSPS) is 15.2. The number of nitrogens with zero attached hydrogens (tertiary/aromatic N) is 4. The Morgan fingerprint density at radius 3 is 2.52 bits per heavy atom. The number of aromatic nitrogens is 2. The minimum absolute atomic E-state index is 0.0399. The first-order valence-corrected chi connectivity index (χ1v) is 14.7. The van der Waals surface area contributed by atoms with Crippen LogP contribution in [0.2, 0.25) is 5.15 Å². The number of unbranched alkanes of at least 4 members (excludes halogenated alkanes) is 1. The molecular formula is C30H42ClN5O6. The van der Waals surface area contributed by atoms with Crippen LogP contribution >= 0.6 is 11.6 Å². The van der Waals surface area contributed by atoms with Crippen LogP contribution in [0.5, 0.6) is 6.01 Å². The van der Waals surface area contributed by atoms with E-state index in [1.807, 2.05) is 52.0 Å². The lowest BCUT2D eigenvalue weighted by atomic mass is 10.1. The largest absolute Gasteiger partial charge is 0.465 e. The van der Waals surface area contributed by atoms with Gasteiger partial charge in [-0.05, 0) is 51.7 Å². The van der Waals surface area contributed by atoms with Gasteiger partial charge in [-0.2, -0.15) is 9.97 Å². The number of ether oxygens (including phenoxy) is 3. The molecule has 1 fully saturated rings. The summed E-state index contributed by atoms with van der Waals surface area (Å²) in [6.45, 7) is 12.4. The predicted octanol–water partition coefficient (Wildman–Crippen LogP) is 4.79. The highest BCUT2D eigenvalue weighted by molar-refractivity contribution is 6.32. The van der Waals surface area contributed by atoms with E-state index in [-0.39, 0.29) is 48.3 Å². The van der Waals surface area contributed by atoms with Crippen molar-refractivity contribution in [1.82, 2.24) is 20.2 Å². The minimum atomic E-state index is -0.532. The third-order valence-corrected chi connectivity index (χ3v) is 6.71. The Balaban J connectivity index is 1.71. The number of benzene rings is 1. The van der Waals surface area contributed by atoms with E-state index in [9.17, 15) is 14.4 Å². The van der Waals surface area contributed by atoms with Crippen molar-refractivity contribution in [2.45, 2.75) is 78.6 Å². The van der Waals surface area contributed by atoms with Gasteiger partial charge in [0.25, 0.3) is 0 Å². The minimum Gasteiger partial charge on any atom is -0.465 e. The summed E-state index contributed by atoms with van der Waals surface area (Å²) in [5, 5.41) is 2.91. The lowest BCUT2D eigenvalue weighted by molar-refractivity contribution is -0.141. The molecule has 1 saturated heterocycles. The smallest absolute Gasteiger partial charge is 0.407 e. The molecule has 3 rings (SSSR count). The fourth-order valence-corrected chi connectivity index (χ4v) is 4.69. The zero-order valence-electron chi connectivity index (χ0n) is 25.2. The number of aldehydes is 1. The molecule has 11 nitrogen and oxygen atoms in total. The number of hydrogen-bond acceptors (Lipinski definition) is 10. The topological polar surface area (TPSA) is 123 Å². The zero-order chi connectivity index (χ0) is 30.7. The molecule has 1 aromatic carbocycles. The molecule has 42 heavy (non-hydrogen) atoms. The molecule has 1 aromatic heterocycles. The molecule has 2 heterocycles. The van der Waals surface area contributed by atoms with Gasteiger partial charge in [0.2, 0.25) is 0 Å². The van der Waals surface area contributed by atoms with Gasteiger partial charge >= 0.3 is 18.1 Å². The van der Waals surface area contributed by atoms with Gasteiger partial charge in [0.15, 0.2) is 6.29 Å². The Morgan fingerprint density at radius 1 is 1.17 bits per heavy atom. The lowest BCUT2D eigenvalue weighted by Gasteiger charge is -2.25. The van der Waals surface area contributed by atoms with E-state index in [1.54, 1.807) is 11.8 Å². The van der Waals surface area contributed by atoms with E-state index >= 15 is 0 Å². The number of rotatable bonds is 14. The van der Waals surface area contributed by atoms with Gasteiger partial charge in [-0.15, -0.1) is 0 Å². The van der Waals surface area contributed by atoms with Crippen LogP contribution in [0, 0.1) is 0 Å². The third kappa shape index (κ3) is 10.4. The quantitative estimate of drug-likeness (QED) is 0.139. The fraction of sp³-hybridized carbons (Fsp3) is 0.567. The first-order valence-electron chi connectivity index (χ1n) is 14.4. The summed E-state index contributed by atoms with van der Waals surface area (Å²) in [4.78, 5) is 49.1. The molecule has 0 radical (unpaired) electrons. The maximum absolute atomic E-state index is 12.5. The van der Waals surface area contributed by atoms with E-state index < -0.39 is 17.7 Å². The van der Waals surface area contributed by atoms with Crippen molar-refractivity contribution >= 4 is 35.8 Å². The van der Waals surface area contributed by atoms with Crippen molar-refractivity contribution in [2.24, 2.45) is 0 Å². The maximum Gasteiger partial charge on any atom is 0.407 e. The number of alkyl carbamates (subject to hydrolysis) is 1. The zero-order valence-corrected chi connectivity index (χ0v) is 25.9. The van der Waals surface area contributed by atoms with Gasteiger partial charge in [0.1, 0.15) is 23.1 Å². The summed E-state index contributed by atoms with van der Waals surface area (Å²) in [5.74, 6) is -0.257. The van der Waals surface area contributed by atoms with Crippen LogP contribution in [0.15, 0.2) is 24.3 Å². The van der Waals surface area contributed by atoms with Crippen LogP contribution in [-0.4, -0.2) is 77.7 Å². The Labute approximate surface area is 252 Å². The average molecular weight is 604 g/mol. The number of halogens is 1. The summed E-state index contributed by atoms with van der Waals surface area (Å²) in [6, 6.07) is 8.09. The molecule has 230 valence electrons. The number of hydrogen-bond donors (Lipinski definition) is 1. The van der Waals surface area contributed by atoms with Gasteiger partial charge in [-0.3, -0.25) is 14.5 Å². The summed E-state index contributed by atoms with van der Waals surface area (Å²) in [6.07, 6.45) is 2.77. The SMILES string of the molecule is CCCCOc1nc(Cl)c(C=O)c(N(CC(=O)OCC)Cc2ccc(CN3CC[C@H](NC(=O)OC(C)(C)C)C3)cc2)n1. The molecule has 1 aliphatic heterocycles. The van der Waals surface area contributed by atoms with Crippen LogP contribution in [0.1, 0.15) is 75.4 Å². The number of esters is 1. The second-order valence-corrected chi connectivity index (χ2v) is 11.6. The Bertz CT molecular complexity index is 1200. The number of amides is 1. The molecule has 1 aliphatic rings. The van der Waals surface area contributed by atoms with Crippen molar-refractivity contribution in [3.63, 3.8) is 0 Å². The van der Waals surface area contributed by atoms with Crippen LogP contribution in [0.3, 0.4) is 0 Å². The number of carbonyl (C=O) groups is 3. The second kappa shape index (κ2) is 15.7. The first-order chi connectivity index (χ1) is 20.0. The van der Waals surface area contributed by atoms with Crippen LogP contribution in [0.4, 0.5) is 10.6 Å². The summed E-state index contributed by atoms with van der Waals surface area (Å²) in [7, 11) is 0. The number of likely N-dealkylation sites (tertiary alicyclic amines) is 1. The molecule has 1 N–H and O–H groups in total. The molecule has 0 bridgehead atoms. The fourth-order valence-electron chi connectivity index (χ4n) is 4.49. The highest BCUT2D eigenvalue weighted by Gasteiger charge is 2.26. The predicted molar refractivity (Wildman–Crippen MR) is 160 cm³/mol. The Kier molecular flexibility index (Phi) is 12.4. The molecule has 0 aliphatic carbocycles. The molecule has 1 atom stereocenters. The van der Waals surface area contributed by atoms with Gasteiger partial charge in [-0.25, -0.2) is 4.79 Å². The molecule has 2 aromatic rings. The Morgan fingerprint density at radius 2 is 1.88 bits per heavy atom. The van der Waals surface area contributed by atoms with Crippen LogP contribution in [-0.2, 0) is 27.4 Å². The molecule has 0 spiro atoms. The van der Waals surface area contributed by atoms with Crippen molar-refractivity contribution in [1.29, 1.82) is 0 Å². The van der Waals surface area contributed by atoms with Gasteiger partial charge in [-0.1, -0.05) is 49.2 Å². The van der Waals surface area contributed by atoms with Crippen molar-refractivity contribution in [3.8, 4) is 6.01 Å². The van der Waals surface area contributed by atoms with E-state index in [2.05, 4.69) is 20.2 Å². The molecule has 0 unspecified atom stereocenters. The van der Waals surface area contributed by atoms with Gasteiger partial charge in [0, 0.05) is 32.2 Å². The standard InChI is InChI=1S/C30H42ClN5O6/c1-6-8-15-41-28-33-26(31)24(20-37)27(34-28)36(19-25(38)40-7-2)17-22-11-9-21(10-12-22)16-35-14-13-23(18-35)32-29(39)42-30(3,4)5/h9-12,20,23H,6-8,13-19H2,1-5H3,(H,32,39)/t23-/m0/s1. The van der Waals surface area contributed by atoms with E-state index in [1.165, 1.54) is 0 Å². The third-order valence-electron chi connectivity index (χ3n) is 6.43. The number of nitrogens with one attached hydrogen (secondary N) is 1. The van der Waals surface area contributed by atoms with Crippen molar-refractivity contribution < 1.29 is 28.6 Å². The number of carbonyl (C=O) groups excluding carboxylic acids is 3. The van der Waals surface area contributed by atoms with Crippen LogP contribution in [0.25, 0.3) is 0 Å². The highest BCUT2D eigenvalue weighted by Crippen LogP contribution is 2.27. The summed E-state index contributed by atoms with van der Waals surface area (Å²) >= 11 is 6.32. The average Bonchev–Trinajstić information content (AvgIpc) is 3.34. The molecule has 0 saturated carbocycles. The molecular weight excluding hydrogens is 562 g/mol. The second-order valence-electron chi connectivity index (χ2n) is 11.2. The van der Waals surface area contributed by atoms with Gasteiger partial charge in [0.05, 0.1) is 18.8 Å². The maximum atomic E-state index is 12.5. The summed E-state index contributed by atoms with van der Waals surface area (Å²) in [5.41, 5.74) is 1.55. The van der Waals surface area contributed by atoms with E-state index in [0.29, 0.717) is 12.9 Å². The summed E-state index contributed by atoms with van der Waals surface area (Å²) < 4.78 is 16.2. The monoisotopic (exact) mass is 603 g/mol. The molecule has 12 heteroatoms. The van der Waals surface area contributed by atoms with Crippen LogP contribution < -0.4 is 15.0 Å². The van der Waals surface area contributed by atoms with E-state index in [4.69, 9.17) is 25.8 Å². The lowest BCUT2D eigenvalue weighted by Crippen LogP contribution is -2.40. The van der Waals surface area contributed by atoms with Gasteiger partial charge < -0.3 is 24.4 Å². The molecule has 1 amide bonds. The van der Waals surface area contributed by atoms with Crippen molar-refractivity contribution in [2.75, 3.05) is 37.7 Å². The highest BCUT2D eigenvalue weighted by atomic mass is 35.5. The van der Waals surface area contributed by atoms with Crippen molar-refractivity contribution in [3.05, 3.63) is 46.1 Å². The first kappa shape index (κ1) is 33.1.